The van der Waals surface area contributed by atoms with Gasteiger partial charge in [-0.1, -0.05) is 12.8 Å². The number of hydrogen-bond acceptors (Lipinski definition) is 3. The van der Waals surface area contributed by atoms with Crippen molar-refractivity contribution in [1.82, 2.24) is 14.6 Å². The van der Waals surface area contributed by atoms with Crippen molar-refractivity contribution in [3.8, 4) is 0 Å². The van der Waals surface area contributed by atoms with Crippen molar-refractivity contribution in [3.05, 3.63) is 30.2 Å². The molecule has 5 nitrogen and oxygen atoms in total. The van der Waals surface area contributed by atoms with E-state index in [2.05, 4.69) is 10.1 Å². The summed E-state index contributed by atoms with van der Waals surface area (Å²) >= 11 is 0. The number of hydrogen-bond donors (Lipinski definition) is 1. The molecule has 1 aliphatic rings. The molecule has 1 N–H and O–H groups in total. The lowest BCUT2D eigenvalue weighted by Crippen LogP contribution is -2.33. The van der Waals surface area contributed by atoms with Crippen molar-refractivity contribution >= 4 is 11.6 Å². The van der Waals surface area contributed by atoms with E-state index in [1.54, 1.807) is 29.0 Å². The molecule has 17 heavy (non-hydrogen) atoms. The van der Waals surface area contributed by atoms with E-state index in [0.717, 1.165) is 12.8 Å². The van der Waals surface area contributed by atoms with Crippen molar-refractivity contribution in [3.63, 3.8) is 0 Å². The maximum Gasteiger partial charge on any atom is 0.315 e. The molecule has 2 heterocycles. The third-order valence-corrected chi connectivity index (χ3v) is 3.59. The Morgan fingerprint density at radius 2 is 2.18 bits per heavy atom. The summed E-state index contributed by atoms with van der Waals surface area (Å²) in [6, 6.07) is 3.57. The number of aliphatic carboxylic acids is 1. The van der Waals surface area contributed by atoms with Crippen LogP contribution < -0.4 is 0 Å². The van der Waals surface area contributed by atoms with Crippen LogP contribution in [0.25, 0.3) is 5.65 Å². The number of nitrogens with zero attached hydrogens (tertiary/aromatic N) is 3. The second kappa shape index (κ2) is 3.55. The smallest absolute Gasteiger partial charge is 0.315 e. The van der Waals surface area contributed by atoms with Crippen LogP contribution >= 0.6 is 0 Å². The third kappa shape index (κ3) is 1.42. The van der Waals surface area contributed by atoms with Gasteiger partial charge in [0.1, 0.15) is 5.41 Å². The molecule has 0 aromatic carbocycles. The van der Waals surface area contributed by atoms with Crippen LogP contribution in [0.2, 0.25) is 0 Å². The zero-order chi connectivity index (χ0) is 11.9. The zero-order valence-corrected chi connectivity index (χ0v) is 9.33. The first-order chi connectivity index (χ1) is 8.22. The minimum atomic E-state index is -0.798. The molecule has 0 unspecified atom stereocenters. The van der Waals surface area contributed by atoms with E-state index >= 15 is 0 Å². The monoisotopic (exact) mass is 231 g/mol. The van der Waals surface area contributed by atoms with Crippen LogP contribution in [0, 0.1) is 0 Å². The predicted octanol–water partition coefficient (Wildman–Crippen LogP) is 1.63. The summed E-state index contributed by atoms with van der Waals surface area (Å²) in [7, 11) is 0. The van der Waals surface area contributed by atoms with Crippen LogP contribution in [-0.4, -0.2) is 25.7 Å². The summed E-state index contributed by atoms with van der Waals surface area (Å²) < 4.78 is 1.64. The first kappa shape index (κ1) is 10.3. The van der Waals surface area contributed by atoms with Crippen LogP contribution in [0.1, 0.15) is 31.4 Å². The van der Waals surface area contributed by atoms with E-state index in [-0.39, 0.29) is 0 Å². The lowest BCUT2D eigenvalue weighted by Gasteiger charge is -2.20. The normalized spacial score (nSPS) is 18.6. The van der Waals surface area contributed by atoms with Gasteiger partial charge in [-0.3, -0.25) is 4.79 Å². The first-order valence-corrected chi connectivity index (χ1v) is 5.77. The van der Waals surface area contributed by atoms with Crippen molar-refractivity contribution < 1.29 is 9.90 Å². The van der Waals surface area contributed by atoms with Gasteiger partial charge < -0.3 is 5.11 Å². The van der Waals surface area contributed by atoms with E-state index in [1.807, 2.05) is 0 Å². The molecule has 1 aliphatic carbocycles. The van der Waals surface area contributed by atoms with Crippen LogP contribution in [0.4, 0.5) is 0 Å². The fraction of sp³-hybridized carbons (Fsp3) is 0.417. The Balaban J connectivity index is 2.15. The molecule has 0 amide bonds. The molecular weight excluding hydrogens is 218 g/mol. The van der Waals surface area contributed by atoms with Crippen molar-refractivity contribution in [1.29, 1.82) is 0 Å². The number of carbonyl (C=O) groups is 1. The van der Waals surface area contributed by atoms with Gasteiger partial charge in [-0.2, -0.15) is 5.10 Å². The predicted molar refractivity (Wildman–Crippen MR) is 60.8 cm³/mol. The summed E-state index contributed by atoms with van der Waals surface area (Å²) in [6.07, 6.45) is 6.72. The molecular formula is C12H13N3O2. The number of carboxylic acids is 1. The average Bonchev–Trinajstić information content (AvgIpc) is 2.96. The SMILES string of the molecule is O=C(O)C1(c2cc3ncccn3n2)CCCC1. The van der Waals surface area contributed by atoms with E-state index in [9.17, 15) is 9.90 Å². The lowest BCUT2D eigenvalue weighted by molar-refractivity contribution is -0.143. The van der Waals surface area contributed by atoms with Gasteiger partial charge in [0.05, 0.1) is 5.69 Å². The summed E-state index contributed by atoms with van der Waals surface area (Å²) in [5.41, 5.74) is 0.546. The van der Waals surface area contributed by atoms with E-state index in [0.29, 0.717) is 24.2 Å². The third-order valence-electron chi connectivity index (χ3n) is 3.59. The number of aromatic nitrogens is 3. The second-order valence-corrected chi connectivity index (χ2v) is 4.55. The average molecular weight is 231 g/mol. The van der Waals surface area contributed by atoms with Gasteiger partial charge in [0.25, 0.3) is 0 Å². The quantitative estimate of drug-likeness (QED) is 0.852. The fourth-order valence-corrected chi connectivity index (χ4v) is 2.62. The molecule has 1 fully saturated rings. The summed E-state index contributed by atoms with van der Waals surface area (Å²) in [6.45, 7) is 0. The Hall–Kier alpha value is -1.91. The fourth-order valence-electron chi connectivity index (χ4n) is 2.62. The maximum atomic E-state index is 11.5. The molecule has 0 radical (unpaired) electrons. The molecule has 1 saturated carbocycles. The Morgan fingerprint density at radius 1 is 1.41 bits per heavy atom. The largest absolute Gasteiger partial charge is 0.481 e. The Morgan fingerprint density at radius 3 is 2.82 bits per heavy atom. The van der Waals surface area contributed by atoms with Gasteiger partial charge in [-0.05, 0) is 18.9 Å². The van der Waals surface area contributed by atoms with Gasteiger partial charge >= 0.3 is 5.97 Å². The number of fused-ring (bicyclic) bond motifs is 1. The minimum Gasteiger partial charge on any atom is -0.481 e. The summed E-state index contributed by atoms with van der Waals surface area (Å²) in [4.78, 5) is 15.7. The Labute approximate surface area is 98.1 Å². The van der Waals surface area contributed by atoms with E-state index in [1.165, 1.54) is 0 Å². The van der Waals surface area contributed by atoms with Gasteiger partial charge in [0.2, 0.25) is 0 Å². The molecule has 3 rings (SSSR count). The van der Waals surface area contributed by atoms with Crippen molar-refractivity contribution in [2.75, 3.05) is 0 Å². The van der Waals surface area contributed by atoms with Crippen molar-refractivity contribution in [2.24, 2.45) is 0 Å². The molecule has 2 aromatic heterocycles. The molecule has 0 bridgehead atoms. The first-order valence-electron chi connectivity index (χ1n) is 5.77. The Kier molecular flexibility index (Phi) is 2.14. The maximum absolute atomic E-state index is 11.5. The number of rotatable bonds is 2. The highest BCUT2D eigenvalue weighted by Crippen LogP contribution is 2.40. The molecule has 0 saturated heterocycles. The lowest BCUT2D eigenvalue weighted by atomic mass is 9.83. The topological polar surface area (TPSA) is 67.5 Å². The zero-order valence-electron chi connectivity index (χ0n) is 9.33. The summed E-state index contributed by atoms with van der Waals surface area (Å²) in [5.74, 6) is -0.765. The highest BCUT2D eigenvalue weighted by atomic mass is 16.4. The molecule has 2 aromatic rings. The van der Waals surface area contributed by atoms with Crippen LogP contribution in [-0.2, 0) is 10.2 Å². The Bertz CT molecular complexity index is 537. The second-order valence-electron chi connectivity index (χ2n) is 4.55. The minimum absolute atomic E-state index is 0.640. The highest BCUT2D eigenvalue weighted by molar-refractivity contribution is 5.81. The van der Waals surface area contributed by atoms with Gasteiger partial charge in [-0.15, -0.1) is 0 Å². The van der Waals surface area contributed by atoms with Crippen LogP contribution in [0.5, 0.6) is 0 Å². The van der Waals surface area contributed by atoms with Crippen LogP contribution in [0.15, 0.2) is 24.5 Å². The van der Waals surface area contributed by atoms with E-state index < -0.39 is 11.4 Å². The van der Waals surface area contributed by atoms with Crippen molar-refractivity contribution in [2.45, 2.75) is 31.1 Å². The molecule has 88 valence electrons. The highest BCUT2D eigenvalue weighted by Gasteiger charge is 2.45. The molecule has 0 atom stereocenters. The molecule has 0 spiro atoms. The van der Waals surface area contributed by atoms with Gasteiger partial charge in [0, 0.05) is 18.5 Å². The van der Waals surface area contributed by atoms with E-state index in [4.69, 9.17) is 0 Å². The number of carboxylic acid groups (broad SMARTS) is 1. The van der Waals surface area contributed by atoms with Gasteiger partial charge in [0.15, 0.2) is 5.65 Å². The standard InChI is InChI=1S/C12H13N3O2/c16-11(17)12(4-1-2-5-12)9-8-10-13-6-3-7-15(10)14-9/h3,6-8H,1-2,4-5H2,(H,16,17). The summed E-state index contributed by atoms with van der Waals surface area (Å²) in [5, 5.41) is 13.8. The van der Waals surface area contributed by atoms with Gasteiger partial charge in [-0.25, -0.2) is 9.50 Å². The molecule has 5 heteroatoms. The van der Waals surface area contributed by atoms with Crippen LogP contribution in [0.3, 0.4) is 0 Å². The molecule has 0 aliphatic heterocycles.